The van der Waals surface area contributed by atoms with Crippen molar-refractivity contribution in [1.82, 2.24) is 4.90 Å². The quantitative estimate of drug-likeness (QED) is 0.611. The predicted molar refractivity (Wildman–Crippen MR) is 57.1 cm³/mol. The van der Waals surface area contributed by atoms with Crippen LogP contribution in [0.25, 0.3) is 0 Å². The van der Waals surface area contributed by atoms with Crippen LogP contribution in [0.3, 0.4) is 0 Å². The number of fused-ring (bicyclic) bond motifs is 1. The number of aromatic nitrogens is 1. The van der Waals surface area contributed by atoms with Gasteiger partial charge in [0.2, 0.25) is 0 Å². The second-order valence-corrected chi connectivity index (χ2v) is 4.52. The number of nitrogens with zero attached hydrogens (tertiary/aromatic N) is 2. The molecule has 1 aromatic rings. The van der Waals surface area contributed by atoms with Crippen molar-refractivity contribution in [2.75, 3.05) is 13.6 Å². The summed E-state index contributed by atoms with van der Waals surface area (Å²) in [5.74, 6) is 0. The molecule has 2 heterocycles. The van der Waals surface area contributed by atoms with Crippen LogP contribution in [0.5, 0.6) is 0 Å². The summed E-state index contributed by atoms with van der Waals surface area (Å²) >= 11 is 0. The molecule has 0 aromatic carbocycles. The van der Waals surface area contributed by atoms with E-state index < -0.39 is 0 Å². The minimum Gasteiger partial charge on any atom is -0.302 e. The second-order valence-electron chi connectivity index (χ2n) is 4.52. The fourth-order valence-corrected chi connectivity index (χ4v) is 1.98. The lowest BCUT2D eigenvalue weighted by atomic mass is 10.0. The molecular weight excluding hydrogens is 172 g/mol. The summed E-state index contributed by atoms with van der Waals surface area (Å²) in [7, 11) is 2.19. The van der Waals surface area contributed by atoms with Gasteiger partial charge in [-0.05, 0) is 32.9 Å². The highest BCUT2D eigenvalue weighted by Crippen LogP contribution is 2.15. The number of likely N-dealkylation sites (N-methyl/N-ethyl adjacent to an activating group) is 1. The molecule has 0 radical (unpaired) electrons. The van der Waals surface area contributed by atoms with Crippen molar-refractivity contribution in [1.29, 1.82) is 0 Å². The van der Waals surface area contributed by atoms with Crippen molar-refractivity contribution >= 4 is 0 Å². The van der Waals surface area contributed by atoms with Crippen LogP contribution in [0, 0.1) is 0 Å². The van der Waals surface area contributed by atoms with Crippen LogP contribution in [-0.4, -0.2) is 18.5 Å². The monoisotopic (exact) mass is 191 g/mol. The van der Waals surface area contributed by atoms with Gasteiger partial charge in [-0.15, -0.1) is 0 Å². The molecule has 0 N–H and O–H groups in total. The maximum atomic E-state index is 2.38. The predicted octanol–water partition coefficient (Wildman–Crippen LogP) is 1.54. The van der Waals surface area contributed by atoms with Gasteiger partial charge in [-0.2, -0.15) is 0 Å². The molecule has 2 rings (SSSR count). The van der Waals surface area contributed by atoms with Crippen LogP contribution in [0.2, 0.25) is 0 Å². The fraction of sp³-hybridized carbons (Fsp3) is 0.583. The first-order valence-corrected chi connectivity index (χ1v) is 5.38. The Morgan fingerprint density at radius 3 is 2.86 bits per heavy atom. The van der Waals surface area contributed by atoms with Crippen molar-refractivity contribution in [3.63, 3.8) is 0 Å². The molecule has 76 valence electrons. The zero-order valence-electron chi connectivity index (χ0n) is 9.33. The first-order chi connectivity index (χ1) is 6.66. The Morgan fingerprint density at radius 1 is 1.36 bits per heavy atom. The van der Waals surface area contributed by atoms with E-state index in [1.165, 1.54) is 24.1 Å². The van der Waals surface area contributed by atoms with Gasteiger partial charge in [0.05, 0.1) is 0 Å². The minimum atomic E-state index is 0.563. The Bertz CT molecular complexity index is 331. The molecule has 0 atom stereocenters. The molecule has 2 heteroatoms. The smallest absolute Gasteiger partial charge is 0.173 e. The molecule has 0 saturated heterocycles. The summed E-state index contributed by atoms with van der Waals surface area (Å²) in [4.78, 5) is 2.38. The van der Waals surface area contributed by atoms with E-state index in [1.807, 2.05) is 0 Å². The first kappa shape index (κ1) is 9.66. The molecule has 0 amide bonds. The average molecular weight is 191 g/mol. The Balaban J connectivity index is 2.33. The zero-order chi connectivity index (χ0) is 10.1. The van der Waals surface area contributed by atoms with E-state index in [9.17, 15) is 0 Å². The highest BCUT2D eigenvalue weighted by Gasteiger charge is 2.17. The molecule has 0 fully saturated rings. The first-order valence-electron chi connectivity index (χ1n) is 5.38. The van der Waals surface area contributed by atoms with Crippen molar-refractivity contribution in [2.24, 2.45) is 0 Å². The normalized spacial score (nSPS) is 17.1. The lowest BCUT2D eigenvalue weighted by molar-refractivity contribution is -0.716. The maximum absolute atomic E-state index is 2.38. The molecule has 0 bridgehead atoms. The van der Waals surface area contributed by atoms with Crippen LogP contribution in [0.1, 0.15) is 31.0 Å². The van der Waals surface area contributed by atoms with Gasteiger partial charge in [-0.25, -0.2) is 4.57 Å². The number of hydrogen-bond acceptors (Lipinski definition) is 1. The van der Waals surface area contributed by atoms with Crippen molar-refractivity contribution in [3.05, 3.63) is 29.6 Å². The van der Waals surface area contributed by atoms with Crippen LogP contribution >= 0.6 is 0 Å². The van der Waals surface area contributed by atoms with Crippen LogP contribution in [0.15, 0.2) is 18.5 Å². The highest BCUT2D eigenvalue weighted by atomic mass is 15.1. The van der Waals surface area contributed by atoms with Gasteiger partial charge in [-0.3, -0.25) is 0 Å². The van der Waals surface area contributed by atoms with Gasteiger partial charge in [-0.1, -0.05) is 0 Å². The molecule has 0 spiro atoms. The van der Waals surface area contributed by atoms with Crippen molar-refractivity contribution in [2.45, 2.75) is 32.9 Å². The van der Waals surface area contributed by atoms with Crippen LogP contribution < -0.4 is 4.57 Å². The summed E-state index contributed by atoms with van der Waals surface area (Å²) in [6.07, 6.45) is 5.70. The molecular formula is C12H19N2+. The molecule has 0 saturated carbocycles. The van der Waals surface area contributed by atoms with Gasteiger partial charge in [0, 0.05) is 24.7 Å². The van der Waals surface area contributed by atoms with Gasteiger partial charge < -0.3 is 4.90 Å². The lowest BCUT2D eigenvalue weighted by Crippen LogP contribution is -2.38. The Hall–Kier alpha value is -0.890. The van der Waals surface area contributed by atoms with E-state index >= 15 is 0 Å². The molecule has 1 aliphatic heterocycles. The molecule has 1 aliphatic rings. The van der Waals surface area contributed by atoms with Crippen LogP contribution in [-0.2, 0) is 13.0 Å². The maximum Gasteiger partial charge on any atom is 0.173 e. The van der Waals surface area contributed by atoms with Crippen LogP contribution in [0.4, 0.5) is 0 Å². The fourth-order valence-electron chi connectivity index (χ4n) is 1.98. The Kier molecular flexibility index (Phi) is 2.55. The Morgan fingerprint density at radius 2 is 2.14 bits per heavy atom. The zero-order valence-corrected chi connectivity index (χ0v) is 9.33. The summed E-state index contributed by atoms with van der Waals surface area (Å²) in [6.45, 7) is 6.74. The standard InChI is InChI=1S/C12H19N2/c1-10(2)14-7-5-11-4-6-13(3)8-12(11)9-14/h5,7,9-10H,4,6,8H2,1-3H3/q+1. The summed E-state index contributed by atoms with van der Waals surface area (Å²) in [6, 6.07) is 2.84. The average Bonchev–Trinajstić information content (AvgIpc) is 2.16. The largest absolute Gasteiger partial charge is 0.302 e. The molecule has 2 nitrogen and oxygen atoms in total. The van der Waals surface area contributed by atoms with Gasteiger partial charge in [0.1, 0.15) is 0 Å². The number of rotatable bonds is 1. The minimum absolute atomic E-state index is 0.563. The van der Waals surface area contributed by atoms with E-state index in [4.69, 9.17) is 0 Å². The third-order valence-electron chi connectivity index (χ3n) is 2.96. The second kappa shape index (κ2) is 3.70. The lowest BCUT2D eigenvalue weighted by Gasteiger charge is -2.23. The number of hydrogen-bond donors (Lipinski definition) is 0. The van der Waals surface area contributed by atoms with E-state index in [0.717, 1.165) is 6.54 Å². The summed E-state index contributed by atoms with van der Waals surface area (Å²) in [5, 5.41) is 0. The van der Waals surface area contributed by atoms with Crippen molar-refractivity contribution < 1.29 is 4.57 Å². The van der Waals surface area contributed by atoms with Gasteiger partial charge in [0.15, 0.2) is 18.4 Å². The Labute approximate surface area is 86.2 Å². The molecule has 1 aromatic heterocycles. The van der Waals surface area contributed by atoms with E-state index in [-0.39, 0.29) is 0 Å². The van der Waals surface area contributed by atoms with Crippen molar-refractivity contribution in [3.8, 4) is 0 Å². The topological polar surface area (TPSA) is 7.12 Å². The summed E-state index contributed by atoms with van der Waals surface area (Å²) < 4.78 is 2.29. The highest BCUT2D eigenvalue weighted by molar-refractivity contribution is 5.23. The number of pyridine rings is 1. The molecule has 14 heavy (non-hydrogen) atoms. The van der Waals surface area contributed by atoms with E-state index in [0.29, 0.717) is 6.04 Å². The summed E-state index contributed by atoms with van der Waals surface area (Å²) in [5.41, 5.74) is 3.02. The van der Waals surface area contributed by atoms with E-state index in [1.54, 1.807) is 0 Å². The molecule has 0 aliphatic carbocycles. The molecule has 0 unspecified atom stereocenters. The van der Waals surface area contributed by atoms with E-state index in [2.05, 4.69) is 48.8 Å². The third kappa shape index (κ3) is 1.80. The SMILES string of the molecule is CC(C)[n+]1ccc2c(c1)CN(C)CC2. The van der Waals surface area contributed by atoms with Gasteiger partial charge >= 0.3 is 0 Å². The third-order valence-corrected chi connectivity index (χ3v) is 2.96. The van der Waals surface area contributed by atoms with Gasteiger partial charge in [0.25, 0.3) is 0 Å².